The predicted octanol–water partition coefficient (Wildman–Crippen LogP) is 1.14. The van der Waals surface area contributed by atoms with Crippen LogP contribution in [0.25, 0.3) is 5.69 Å². The highest BCUT2D eigenvalue weighted by atomic mass is 16.5. The molecule has 1 aliphatic heterocycles. The number of nitrogens with zero attached hydrogens (tertiary/aromatic N) is 5. The first kappa shape index (κ1) is 12.1. The van der Waals surface area contributed by atoms with E-state index in [1.165, 1.54) is 0 Å². The van der Waals surface area contributed by atoms with Crippen LogP contribution in [0.5, 0.6) is 5.75 Å². The summed E-state index contributed by atoms with van der Waals surface area (Å²) in [5.74, 6) is 0.909. The third-order valence-electron chi connectivity index (χ3n) is 3.42. The largest absolute Gasteiger partial charge is 0.490 e. The highest BCUT2D eigenvalue weighted by Gasteiger charge is 2.17. The van der Waals surface area contributed by atoms with Gasteiger partial charge in [0, 0.05) is 13.1 Å². The summed E-state index contributed by atoms with van der Waals surface area (Å²) in [6.07, 6.45) is 4.08. The van der Waals surface area contributed by atoms with Crippen molar-refractivity contribution in [2.45, 2.75) is 18.9 Å². The summed E-state index contributed by atoms with van der Waals surface area (Å²) in [6.45, 7) is 2.21. The Labute approximate surface area is 112 Å². The fourth-order valence-corrected chi connectivity index (χ4v) is 2.25. The smallest absolute Gasteiger partial charge is 0.143 e. The number of piperidine rings is 1. The second kappa shape index (κ2) is 5.36. The van der Waals surface area contributed by atoms with E-state index in [0.717, 1.165) is 37.4 Å². The standard InChI is InChI=1S/C13H17N5O/c1-17-8-6-13(7-9-17)19-12-4-2-11(3-5-12)18-10-14-15-16-18/h2-5,10,13H,6-9H2,1H3. The van der Waals surface area contributed by atoms with Gasteiger partial charge >= 0.3 is 0 Å². The number of tetrazole rings is 1. The molecule has 0 unspecified atom stereocenters. The quantitative estimate of drug-likeness (QED) is 0.827. The second-order valence-corrected chi connectivity index (χ2v) is 4.87. The molecule has 0 aliphatic carbocycles. The lowest BCUT2D eigenvalue weighted by Crippen LogP contribution is -2.35. The third kappa shape index (κ3) is 2.90. The molecule has 0 spiro atoms. The van der Waals surface area contributed by atoms with Gasteiger partial charge < -0.3 is 9.64 Å². The van der Waals surface area contributed by atoms with Crippen molar-refractivity contribution >= 4 is 0 Å². The Morgan fingerprint density at radius 3 is 2.53 bits per heavy atom. The van der Waals surface area contributed by atoms with Gasteiger partial charge in [0.05, 0.1) is 5.69 Å². The molecule has 0 saturated carbocycles. The summed E-state index contributed by atoms with van der Waals surface area (Å²) in [5.41, 5.74) is 0.931. The number of ether oxygens (including phenoxy) is 1. The summed E-state index contributed by atoms with van der Waals surface area (Å²) in [4.78, 5) is 2.33. The summed E-state index contributed by atoms with van der Waals surface area (Å²) < 4.78 is 7.61. The molecular weight excluding hydrogens is 242 g/mol. The molecule has 0 bridgehead atoms. The van der Waals surface area contributed by atoms with E-state index >= 15 is 0 Å². The molecule has 0 amide bonds. The summed E-state index contributed by atoms with van der Waals surface area (Å²) in [5, 5.41) is 11.1. The fraction of sp³-hybridized carbons (Fsp3) is 0.462. The van der Waals surface area contributed by atoms with E-state index in [1.807, 2.05) is 24.3 Å². The Morgan fingerprint density at radius 2 is 1.89 bits per heavy atom. The van der Waals surface area contributed by atoms with Crippen molar-refractivity contribution < 1.29 is 4.74 Å². The van der Waals surface area contributed by atoms with Crippen LogP contribution in [0.2, 0.25) is 0 Å². The second-order valence-electron chi connectivity index (χ2n) is 4.87. The SMILES string of the molecule is CN1CCC(Oc2ccc(-n3cnnn3)cc2)CC1. The van der Waals surface area contributed by atoms with Gasteiger partial charge in [-0.15, -0.1) is 5.10 Å². The molecule has 100 valence electrons. The van der Waals surface area contributed by atoms with Crippen LogP contribution in [0, 0.1) is 0 Å². The summed E-state index contributed by atoms with van der Waals surface area (Å²) in [7, 11) is 2.15. The molecule has 1 aromatic heterocycles. The minimum atomic E-state index is 0.329. The molecule has 1 saturated heterocycles. The van der Waals surface area contributed by atoms with E-state index in [-0.39, 0.29) is 0 Å². The van der Waals surface area contributed by atoms with Crippen LogP contribution >= 0.6 is 0 Å². The van der Waals surface area contributed by atoms with Crippen LogP contribution in [0.15, 0.2) is 30.6 Å². The molecule has 3 rings (SSSR count). The maximum Gasteiger partial charge on any atom is 0.143 e. The van der Waals surface area contributed by atoms with Crippen LogP contribution in [-0.4, -0.2) is 51.3 Å². The summed E-state index contributed by atoms with van der Waals surface area (Å²) >= 11 is 0. The van der Waals surface area contributed by atoms with Crippen LogP contribution in [0.1, 0.15) is 12.8 Å². The van der Waals surface area contributed by atoms with Gasteiger partial charge in [-0.25, -0.2) is 4.68 Å². The summed E-state index contributed by atoms with van der Waals surface area (Å²) in [6, 6.07) is 7.85. The molecule has 19 heavy (non-hydrogen) atoms. The average Bonchev–Trinajstić information content (AvgIpc) is 2.96. The van der Waals surface area contributed by atoms with Crippen molar-refractivity contribution in [3.05, 3.63) is 30.6 Å². The van der Waals surface area contributed by atoms with Crippen molar-refractivity contribution in [3.63, 3.8) is 0 Å². The van der Waals surface area contributed by atoms with E-state index in [2.05, 4.69) is 27.5 Å². The molecule has 6 heteroatoms. The van der Waals surface area contributed by atoms with Gasteiger partial charge in [-0.05, 0) is 54.6 Å². The maximum absolute atomic E-state index is 5.99. The Hall–Kier alpha value is -1.95. The molecule has 1 aromatic carbocycles. The Balaban J connectivity index is 1.63. The molecule has 0 radical (unpaired) electrons. The van der Waals surface area contributed by atoms with Crippen LogP contribution in [0.4, 0.5) is 0 Å². The van der Waals surface area contributed by atoms with Gasteiger partial charge in [0.15, 0.2) is 0 Å². The zero-order valence-electron chi connectivity index (χ0n) is 10.9. The number of likely N-dealkylation sites (tertiary alicyclic amines) is 1. The van der Waals surface area contributed by atoms with Crippen LogP contribution in [-0.2, 0) is 0 Å². The fourth-order valence-electron chi connectivity index (χ4n) is 2.25. The molecule has 2 aromatic rings. The van der Waals surface area contributed by atoms with E-state index in [1.54, 1.807) is 11.0 Å². The monoisotopic (exact) mass is 259 g/mol. The van der Waals surface area contributed by atoms with Crippen LogP contribution < -0.4 is 4.74 Å². The lowest BCUT2D eigenvalue weighted by molar-refractivity contribution is 0.114. The average molecular weight is 259 g/mol. The predicted molar refractivity (Wildman–Crippen MR) is 70.3 cm³/mol. The van der Waals surface area contributed by atoms with Gasteiger partial charge in [0.2, 0.25) is 0 Å². The first-order valence-electron chi connectivity index (χ1n) is 6.50. The van der Waals surface area contributed by atoms with Gasteiger partial charge in [0.1, 0.15) is 18.2 Å². The lowest BCUT2D eigenvalue weighted by atomic mass is 10.1. The number of hydrogen-bond donors (Lipinski definition) is 0. The van der Waals surface area contributed by atoms with Gasteiger partial charge in [-0.3, -0.25) is 0 Å². The minimum absolute atomic E-state index is 0.329. The minimum Gasteiger partial charge on any atom is -0.490 e. The highest BCUT2D eigenvalue weighted by molar-refractivity contribution is 5.36. The van der Waals surface area contributed by atoms with Crippen LogP contribution in [0.3, 0.4) is 0 Å². The van der Waals surface area contributed by atoms with Gasteiger partial charge in [-0.1, -0.05) is 0 Å². The number of aromatic nitrogens is 4. The number of benzene rings is 1. The zero-order chi connectivity index (χ0) is 13.1. The Morgan fingerprint density at radius 1 is 1.16 bits per heavy atom. The molecule has 1 aliphatic rings. The molecule has 6 nitrogen and oxygen atoms in total. The van der Waals surface area contributed by atoms with Crippen molar-refractivity contribution in [2.75, 3.05) is 20.1 Å². The lowest BCUT2D eigenvalue weighted by Gasteiger charge is -2.29. The number of rotatable bonds is 3. The van der Waals surface area contributed by atoms with Gasteiger partial charge in [-0.2, -0.15) is 0 Å². The first-order valence-corrected chi connectivity index (χ1v) is 6.50. The van der Waals surface area contributed by atoms with Crippen molar-refractivity contribution in [3.8, 4) is 11.4 Å². The Kier molecular flexibility index (Phi) is 3.41. The molecule has 0 N–H and O–H groups in total. The topological polar surface area (TPSA) is 56.1 Å². The van der Waals surface area contributed by atoms with Crippen molar-refractivity contribution in [1.29, 1.82) is 0 Å². The third-order valence-corrected chi connectivity index (χ3v) is 3.42. The van der Waals surface area contributed by atoms with E-state index in [9.17, 15) is 0 Å². The highest BCUT2D eigenvalue weighted by Crippen LogP contribution is 2.19. The molecule has 1 fully saturated rings. The first-order chi connectivity index (χ1) is 9.31. The van der Waals surface area contributed by atoms with Crippen molar-refractivity contribution in [2.24, 2.45) is 0 Å². The van der Waals surface area contributed by atoms with E-state index in [4.69, 9.17) is 4.74 Å². The maximum atomic E-state index is 5.99. The van der Waals surface area contributed by atoms with E-state index in [0.29, 0.717) is 6.10 Å². The van der Waals surface area contributed by atoms with Gasteiger partial charge in [0.25, 0.3) is 0 Å². The molecular formula is C13H17N5O. The van der Waals surface area contributed by atoms with E-state index < -0.39 is 0 Å². The molecule has 2 heterocycles. The van der Waals surface area contributed by atoms with Crippen molar-refractivity contribution in [1.82, 2.24) is 25.1 Å². The number of hydrogen-bond acceptors (Lipinski definition) is 5. The Bertz CT molecular complexity index is 502. The normalized spacial score (nSPS) is 17.5. The zero-order valence-corrected chi connectivity index (χ0v) is 10.9. The molecule has 0 atom stereocenters.